The molecule has 6 nitrogen and oxygen atoms in total. The van der Waals surface area contributed by atoms with Crippen LogP contribution in [0, 0.1) is 0 Å². The van der Waals surface area contributed by atoms with Crippen LogP contribution in [0.15, 0.2) is 71.9 Å². The van der Waals surface area contributed by atoms with Crippen LogP contribution in [0.5, 0.6) is 5.75 Å². The van der Waals surface area contributed by atoms with Gasteiger partial charge in [0, 0.05) is 17.9 Å². The summed E-state index contributed by atoms with van der Waals surface area (Å²) >= 11 is 0. The standard InChI is InChI=1S/C28H30BNO5S/c1-2-7-21-18-36(33,34)27-17-29(32)35-26(28(21)27)14-12-20(24-10-5-6-15-30-24)16-19-11-13-25(31)23-9-4-3-8-22(19)23/h3-6,8-11,13,15-16,26-27,31-32H,2,7,12,14,17-18H2,1H3/b20-16-/t26-,27+/m1/s1. The van der Waals surface area contributed by atoms with Gasteiger partial charge in [0.1, 0.15) is 5.75 Å². The van der Waals surface area contributed by atoms with E-state index in [1.54, 1.807) is 12.3 Å². The van der Waals surface area contributed by atoms with E-state index in [9.17, 15) is 18.5 Å². The summed E-state index contributed by atoms with van der Waals surface area (Å²) < 4.78 is 31.7. The van der Waals surface area contributed by atoms with Crippen LogP contribution in [-0.4, -0.2) is 47.8 Å². The van der Waals surface area contributed by atoms with Crippen molar-refractivity contribution in [3.8, 4) is 5.75 Å². The largest absolute Gasteiger partial charge is 0.507 e. The van der Waals surface area contributed by atoms with E-state index in [-0.39, 0.29) is 17.8 Å². The molecule has 2 aromatic carbocycles. The minimum Gasteiger partial charge on any atom is -0.507 e. The molecule has 1 aromatic heterocycles. The van der Waals surface area contributed by atoms with Crippen LogP contribution in [-0.2, 0) is 14.5 Å². The minimum atomic E-state index is -3.32. The first-order chi connectivity index (χ1) is 17.4. The maximum Gasteiger partial charge on any atom is 0.456 e. The fraction of sp³-hybridized carbons (Fsp3) is 0.321. The van der Waals surface area contributed by atoms with Crippen LogP contribution in [0.1, 0.15) is 43.9 Å². The molecule has 0 spiro atoms. The zero-order chi connectivity index (χ0) is 25.3. The van der Waals surface area contributed by atoms with Crippen molar-refractivity contribution in [1.29, 1.82) is 0 Å². The van der Waals surface area contributed by atoms with Crippen molar-refractivity contribution in [1.82, 2.24) is 4.98 Å². The number of fused-ring (bicyclic) bond motifs is 2. The van der Waals surface area contributed by atoms with Gasteiger partial charge in [0.2, 0.25) is 0 Å². The van der Waals surface area contributed by atoms with Gasteiger partial charge in [-0.2, -0.15) is 0 Å². The number of aromatic nitrogens is 1. The molecule has 2 N–H and O–H groups in total. The predicted molar refractivity (Wildman–Crippen MR) is 144 cm³/mol. The number of benzene rings is 2. The van der Waals surface area contributed by atoms with Crippen molar-refractivity contribution in [3.05, 3.63) is 83.2 Å². The van der Waals surface area contributed by atoms with Crippen molar-refractivity contribution in [2.75, 3.05) is 5.75 Å². The summed E-state index contributed by atoms with van der Waals surface area (Å²) in [4.78, 5) is 4.57. The van der Waals surface area contributed by atoms with E-state index in [0.29, 0.717) is 12.8 Å². The van der Waals surface area contributed by atoms with Gasteiger partial charge in [-0.25, -0.2) is 8.42 Å². The molecule has 0 aliphatic carbocycles. The van der Waals surface area contributed by atoms with E-state index in [2.05, 4.69) is 11.1 Å². The maximum absolute atomic E-state index is 12.9. The molecule has 5 rings (SSSR count). The number of rotatable bonds is 7. The predicted octanol–water partition coefficient (Wildman–Crippen LogP) is 5.03. The van der Waals surface area contributed by atoms with Gasteiger partial charge >= 0.3 is 7.12 Å². The third-order valence-corrected chi connectivity index (χ3v) is 9.20. The summed E-state index contributed by atoms with van der Waals surface area (Å²) in [6.45, 7) is 2.05. The Morgan fingerprint density at radius 3 is 2.67 bits per heavy atom. The van der Waals surface area contributed by atoms with Crippen molar-refractivity contribution in [2.24, 2.45) is 0 Å². The summed E-state index contributed by atoms with van der Waals surface area (Å²) in [6, 6.07) is 17.1. The molecule has 186 valence electrons. The fourth-order valence-corrected chi connectivity index (χ4v) is 7.69. The quantitative estimate of drug-likeness (QED) is 0.347. The van der Waals surface area contributed by atoms with Gasteiger partial charge in [0.15, 0.2) is 9.84 Å². The Morgan fingerprint density at radius 1 is 1.14 bits per heavy atom. The molecule has 3 heterocycles. The molecule has 2 aliphatic rings. The second-order valence-corrected chi connectivity index (χ2v) is 11.7. The van der Waals surface area contributed by atoms with Gasteiger partial charge < -0.3 is 14.8 Å². The summed E-state index contributed by atoms with van der Waals surface area (Å²) in [6.07, 6.45) is 6.18. The molecule has 0 unspecified atom stereocenters. The highest BCUT2D eigenvalue weighted by Gasteiger charge is 2.48. The molecule has 8 heteroatoms. The molecular formula is C28H30BNO5S. The van der Waals surface area contributed by atoms with Crippen LogP contribution >= 0.6 is 0 Å². The summed E-state index contributed by atoms with van der Waals surface area (Å²) in [7, 11) is -4.41. The van der Waals surface area contributed by atoms with Crippen molar-refractivity contribution >= 4 is 39.4 Å². The highest BCUT2D eigenvalue weighted by Crippen LogP contribution is 2.41. The number of hydrogen-bond acceptors (Lipinski definition) is 6. The van der Waals surface area contributed by atoms with Crippen molar-refractivity contribution in [2.45, 2.75) is 50.3 Å². The van der Waals surface area contributed by atoms with Gasteiger partial charge in [-0.15, -0.1) is 0 Å². The summed E-state index contributed by atoms with van der Waals surface area (Å²) in [5, 5.41) is 21.7. The van der Waals surface area contributed by atoms with E-state index in [1.807, 2.05) is 55.5 Å². The molecule has 2 aliphatic heterocycles. The first-order valence-electron chi connectivity index (χ1n) is 12.5. The lowest BCUT2D eigenvalue weighted by atomic mass is 9.74. The van der Waals surface area contributed by atoms with Gasteiger partial charge in [-0.05, 0) is 65.6 Å². The van der Waals surface area contributed by atoms with Gasteiger partial charge in [0.05, 0.1) is 22.8 Å². The number of sulfone groups is 1. The third kappa shape index (κ3) is 4.85. The smallest absolute Gasteiger partial charge is 0.456 e. The lowest BCUT2D eigenvalue weighted by Crippen LogP contribution is -2.41. The molecule has 2 atom stereocenters. The lowest BCUT2D eigenvalue weighted by molar-refractivity contribution is 0.171. The Kier molecular flexibility index (Phi) is 7.01. The van der Waals surface area contributed by atoms with Crippen molar-refractivity contribution < 1.29 is 23.2 Å². The first kappa shape index (κ1) is 24.7. The zero-order valence-electron chi connectivity index (χ0n) is 20.3. The Bertz CT molecular complexity index is 1430. The summed E-state index contributed by atoms with van der Waals surface area (Å²) in [5.41, 5.74) is 4.57. The Balaban J connectivity index is 1.51. The number of nitrogens with zero attached hydrogens (tertiary/aromatic N) is 1. The number of aromatic hydroxyl groups is 1. The zero-order valence-corrected chi connectivity index (χ0v) is 21.1. The SMILES string of the molecule is CCCC1=C2[C@@H](CC/C(=C/c3ccc(O)c4ccccc34)c3ccccn3)OB(O)C[C@@H]2S(=O)(=O)C1. The van der Waals surface area contributed by atoms with Crippen LogP contribution < -0.4 is 0 Å². The molecule has 1 saturated heterocycles. The number of pyridine rings is 1. The van der Waals surface area contributed by atoms with Gasteiger partial charge in [-0.3, -0.25) is 4.98 Å². The monoisotopic (exact) mass is 503 g/mol. The van der Waals surface area contributed by atoms with Gasteiger partial charge in [0.25, 0.3) is 0 Å². The molecule has 0 amide bonds. The molecule has 0 radical (unpaired) electrons. The molecule has 36 heavy (non-hydrogen) atoms. The second kappa shape index (κ2) is 10.2. The highest BCUT2D eigenvalue weighted by atomic mass is 32.2. The maximum atomic E-state index is 12.9. The average Bonchev–Trinajstić information content (AvgIpc) is 3.13. The van der Waals surface area contributed by atoms with E-state index in [0.717, 1.165) is 51.6 Å². The van der Waals surface area contributed by atoms with Crippen LogP contribution in [0.2, 0.25) is 6.32 Å². The highest BCUT2D eigenvalue weighted by molar-refractivity contribution is 7.92. The Morgan fingerprint density at radius 2 is 1.92 bits per heavy atom. The molecule has 1 fully saturated rings. The van der Waals surface area contributed by atoms with E-state index in [1.165, 1.54) is 0 Å². The van der Waals surface area contributed by atoms with E-state index >= 15 is 0 Å². The third-order valence-electron chi connectivity index (χ3n) is 7.13. The average molecular weight is 503 g/mol. The normalized spacial score (nSPS) is 21.7. The van der Waals surface area contributed by atoms with Crippen molar-refractivity contribution in [3.63, 3.8) is 0 Å². The Hall–Kier alpha value is -2.94. The molecular weight excluding hydrogens is 473 g/mol. The second-order valence-electron chi connectivity index (χ2n) is 9.56. The topological polar surface area (TPSA) is 96.7 Å². The molecule has 0 bridgehead atoms. The van der Waals surface area contributed by atoms with E-state index in [4.69, 9.17) is 4.65 Å². The number of allylic oxidation sites excluding steroid dienone is 1. The molecule has 0 saturated carbocycles. The van der Waals surface area contributed by atoms with Crippen LogP contribution in [0.25, 0.3) is 22.4 Å². The first-order valence-corrected chi connectivity index (χ1v) is 14.2. The molecule has 3 aromatic rings. The van der Waals surface area contributed by atoms with Gasteiger partial charge in [-0.1, -0.05) is 55.3 Å². The lowest BCUT2D eigenvalue weighted by Gasteiger charge is -2.32. The number of phenols is 1. The number of phenolic OH excluding ortho intramolecular Hbond substituents is 1. The van der Waals surface area contributed by atoms with Crippen LogP contribution in [0.3, 0.4) is 0 Å². The number of hydrogen-bond donors (Lipinski definition) is 2. The fourth-order valence-electron chi connectivity index (χ4n) is 5.53. The van der Waals surface area contributed by atoms with Crippen LogP contribution in [0.4, 0.5) is 0 Å². The van der Waals surface area contributed by atoms with E-state index < -0.39 is 28.3 Å². The minimum absolute atomic E-state index is 0.0653. The summed E-state index contributed by atoms with van der Waals surface area (Å²) in [5.74, 6) is 0.297. The Labute approximate surface area is 212 Å².